The molecule has 0 aliphatic rings. The number of fused-ring (bicyclic) bond motifs is 1. The van der Waals surface area contributed by atoms with Crippen LogP contribution in [0, 0.1) is 0 Å². The molecule has 7 nitrogen and oxygen atoms in total. The normalized spacial score (nSPS) is 11.2. The Morgan fingerprint density at radius 1 is 1.23 bits per heavy atom. The van der Waals surface area contributed by atoms with Gasteiger partial charge in [-0.25, -0.2) is 10.4 Å². The lowest BCUT2D eigenvalue weighted by atomic mass is 10.2. The number of thioether (sulfide) groups is 1. The molecule has 2 N–H and O–H groups in total. The maximum absolute atomic E-state index is 12.2. The Hall–Kier alpha value is -2.72. The molecule has 11 heteroatoms. The summed E-state index contributed by atoms with van der Waals surface area (Å²) in [5, 5.41) is 5.79. The smallest absolute Gasteiger partial charge is 0.250 e. The zero-order valence-electron chi connectivity index (χ0n) is 18.3. The summed E-state index contributed by atoms with van der Waals surface area (Å²) in [5.41, 5.74) is 5.80. The van der Waals surface area contributed by atoms with Gasteiger partial charge in [-0.3, -0.25) is 4.79 Å². The molecule has 35 heavy (non-hydrogen) atoms. The Balaban J connectivity index is 1.34. The number of methoxy groups -OCH3 is 1. The first kappa shape index (κ1) is 25.4. The van der Waals surface area contributed by atoms with Gasteiger partial charge in [0.15, 0.2) is 16.7 Å². The zero-order valence-corrected chi connectivity index (χ0v) is 22.3. The molecule has 0 atom stereocenters. The van der Waals surface area contributed by atoms with Gasteiger partial charge in [0.1, 0.15) is 6.61 Å². The lowest BCUT2D eigenvalue weighted by Gasteiger charge is -2.14. The number of hydrogen-bond donors (Lipinski definition) is 2. The molecule has 1 amide bonds. The van der Waals surface area contributed by atoms with Crippen LogP contribution in [0.3, 0.4) is 0 Å². The molecule has 0 saturated heterocycles. The molecule has 1 heterocycles. The van der Waals surface area contributed by atoms with Crippen molar-refractivity contribution in [2.75, 3.05) is 12.9 Å². The van der Waals surface area contributed by atoms with Crippen LogP contribution in [-0.4, -0.2) is 35.0 Å². The van der Waals surface area contributed by atoms with Gasteiger partial charge in [-0.2, -0.15) is 5.10 Å². The van der Waals surface area contributed by atoms with Crippen LogP contribution in [0.25, 0.3) is 11.0 Å². The maximum atomic E-state index is 12.2. The van der Waals surface area contributed by atoms with E-state index in [4.69, 9.17) is 32.7 Å². The number of halogens is 3. The molecular formula is C24H19BrCl2N4O3S. The minimum Gasteiger partial charge on any atom is -0.493 e. The van der Waals surface area contributed by atoms with Crippen molar-refractivity contribution in [3.05, 3.63) is 80.2 Å². The fourth-order valence-corrected chi connectivity index (χ4v) is 4.80. The van der Waals surface area contributed by atoms with E-state index in [1.54, 1.807) is 37.4 Å². The molecule has 0 fully saturated rings. The summed E-state index contributed by atoms with van der Waals surface area (Å²) in [5.74, 6) is 0.932. The molecule has 0 saturated carbocycles. The van der Waals surface area contributed by atoms with E-state index in [2.05, 4.69) is 36.4 Å². The van der Waals surface area contributed by atoms with Gasteiger partial charge in [0.2, 0.25) is 0 Å². The summed E-state index contributed by atoms with van der Waals surface area (Å²) in [6, 6.07) is 16.5. The SMILES string of the molecule is COc1cc(/C=N/NC(=O)CSc2nc3ccccc3[nH]2)cc(Br)c1OCc1ccc(Cl)cc1Cl. The van der Waals surface area contributed by atoms with Gasteiger partial charge < -0.3 is 14.5 Å². The Labute approximate surface area is 224 Å². The Bertz CT molecular complexity index is 1360. The lowest BCUT2D eigenvalue weighted by Crippen LogP contribution is -2.19. The summed E-state index contributed by atoms with van der Waals surface area (Å²) < 4.78 is 12.1. The summed E-state index contributed by atoms with van der Waals surface area (Å²) in [4.78, 5) is 19.8. The van der Waals surface area contributed by atoms with Crippen LogP contribution >= 0.6 is 50.9 Å². The Kier molecular flexibility index (Phi) is 8.56. The van der Waals surface area contributed by atoms with E-state index in [1.165, 1.54) is 18.0 Å². The van der Waals surface area contributed by atoms with Crippen molar-refractivity contribution in [3.63, 3.8) is 0 Å². The molecule has 0 aliphatic heterocycles. The predicted molar refractivity (Wildman–Crippen MR) is 144 cm³/mol. The number of rotatable bonds is 9. The van der Waals surface area contributed by atoms with E-state index in [-0.39, 0.29) is 18.3 Å². The number of aromatic nitrogens is 2. The van der Waals surface area contributed by atoms with E-state index in [0.717, 1.165) is 16.6 Å². The first-order chi connectivity index (χ1) is 16.9. The van der Waals surface area contributed by atoms with Gasteiger partial charge >= 0.3 is 0 Å². The predicted octanol–water partition coefficient (Wildman–Crippen LogP) is 6.46. The van der Waals surface area contributed by atoms with Crippen LogP contribution in [0.5, 0.6) is 11.5 Å². The largest absolute Gasteiger partial charge is 0.493 e. The van der Waals surface area contributed by atoms with Crippen molar-refractivity contribution in [1.82, 2.24) is 15.4 Å². The van der Waals surface area contributed by atoms with Crippen molar-refractivity contribution in [1.29, 1.82) is 0 Å². The van der Waals surface area contributed by atoms with E-state index < -0.39 is 0 Å². The number of carbonyl (C=O) groups is 1. The number of hydrogen-bond acceptors (Lipinski definition) is 6. The number of amides is 1. The first-order valence-corrected chi connectivity index (χ1v) is 12.8. The molecule has 0 bridgehead atoms. The number of H-pyrrole nitrogens is 1. The van der Waals surface area contributed by atoms with Crippen molar-refractivity contribution >= 4 is 74.0 Å². The fourth-order valence-electron chi connectivity index (χ4n) is 3.09. The van der Waals surface area contributed by atoms with Gasteiger partial charge in [0.25, 0.3) is 5.91 Å². The number of para-hydroxylation sites is 2. The molecule has 180 valence electrons. The fraction of sp³-hybridized carbons (Fsp3) is 0.125. The summed E-state index contributed by atoms with van der Waals surface area (Å²) >= 11 is 17.0. The minimum absolute atomic E-state index is 0.171. The molecule has 0 aliphatic carbocycles. The van der Waals surface area contributed by atoms with E-state index in [1.807, 2.05) is 24.3 Å². The number of nitrogens with zero attached hydrogens (tertiary/aromatic N) is 2. The Morgan fingerprint density at radius 3 is 2.83 bits per heavy atom. The second-order valence-corrected chi connectivity index (χ2v) is 9.86. The van der Waals surface area contributed by atoms with Gasteiger partial charge in [-0.05, 0) is 57.9 Å². The number of aromatic amines is 1. The van der Waals surface area contributed by atoms with Gasteiger partial charge in [0, 0.05) is 15.6 Å². The quantitative estimate of drug-likeness (QED) is 0.132. The van der Waals surface area contributed by atoms with Crippen molar-refractivity contribution < 1.29 is 14.3 Å². The molecule has 3 aromatic carbocycles. The summed E-state index contributed by atoms with van der Waals surface area (Å²) in [6.45, 7) is 0.233. The van der Waals surface area contributed by atoms with E-state index in [0.29, 0.717) is 36.7 Å². The third-order valence-electron chi connectivity index (χ3n) is 4.75. The van der Waals surface area contributed by atoms with Crippen molar-refractivity contribution in [2.24, 2.45) is 5.10 Å². The maximum Gasteiger partial charge on any atom is 0.250 e. The van der Waals surface area contributed by atoms with Crippen LogP contribution in [0.2, 0.25) is 10.0 Å². The number of hydrazone groups is 1. The number of benzene rings is 3. The van der Waals surface area contributed by atoms with Crippen molar-refractivity contribution in [2.45, 2.75) is 11.8 Å². The second-order valence-electron chi connectivity index (χ2n) is 7.20. The average Bonchev–Trinajstić information content (AvgIpc) is 3.26. The lowest BCUT2D eigenvalue weighted by molar-refractivity contribution is -0.118. The number of nitrogens with one attached hydrogen (secondary N) is 2. The van der Waals surface area contributed by atoms with Crippen LogP contribution < -0.4 is 14.9 Å². The molecular weight excluding hydrogens is 575 g/mol. The standard InChI is InChI=1S/C24H19BrCl2N4O3S/c1-33-21-9-14(8-17(25)23(21)34-12-15-6-7-16(26)10-18(15)27)11-28-31-22(32)13-35-24-29-19-4-2-3-5-20(19)30-24/h2-11H,12-13H2,1H3,(H,29,30)(H,31,32)/b28-11+. The summed E-state index contributed by atoms with van der Waals surface area (Å²) in [7, 11) is 1.54. The average molecular weight is 594 g/mol. The van der Waals surface area contributed by atoms with Gasteiger partial charge in [0.05, 0.1) is 34.6 Å². The zero-order chi connectivity index (χ0) is 24.8. The Morgan fingerprint density at radius 2 is 2.06 bits per heavy atom. The number of ether oxygens (including phenoxy) is 2. The topological polar surface area (TPSA) is 88.6 Å². The van der Waals surface area contributed by atoms with Crippen LogP contribution in [0.4, 0.5) is 0 Å². The van der Waals surface area contributed by atoms with E-state index in [9.17, 15) is 4.79 Å². The summed E-state index contributed by atoms with van der Waals surface area (Å²) in [6.07, 6.45) is 1.52. The van der Waals surface area contributed by atoms with Crippen LogP contribution in [0.15, 0.2) is 69.3 Å². The third-order valence-corrected chi connectivity index (χ3v) is 6.80. The number of carbonyl (C=O) groups excluding carboxylic acids is 1. The molecule has 1 aromatic heterocycles. The molecule has 4 aromatic rings. The van der Waals surface area contributed by atoms with Crippen LogP contribution in [-0.2, 0) is 11.4 Å². The van der Waals surface area contributed by atoms with Gasteiger partial charge in [-0.15, -0.1) is 0 Å². The van der Waals surface area contributed by atoms with Gasteiger partial charge in [-0.1, -0.05) is 53.2 Å². The molecule has 0 radical (unpaired) electrons. The third kappa shape index (κ3) is 6.70. The highest BCUT2D eigenvalue weighted by Crippen LogP contribution is 2.37. The molecule has 0 spiro atoms. The highest BCUT2D eigenvalue weighted by Gasteiger charge is 2.13. The monoisotopic (exact) mass is 592 g/mol. The highest BCUT2D eigenvalue weighted by atomic mass is 79.9. The van der Waals surface area contributed by atoms with Crippen molar-refractivity contribution in [3.8, 4) is 11.5 Å². The molecule has 4 rings (SSSR count). The number of imidazole rings is 1. The first-order valence-electron chi connectivity index (χ1n) is 10.3. The minimum atomic E-state index is -0.252. The molecule has 0 unspecified atom stereocenters. The van der Waals surface area contributed by atoms with E-state index >= 15 is 0 Å². The highest BCUT2D eigenvalue weighted by molar-refractivity contribution is 9.10. The second kappa shape index (κ2) is 11.8. The van der Waals surface area contributed by atoms with Crippen LogP contribution in [0.1, 0.15) is 11.1 Å².